The van der Waals surface area contributed by atoms with Crippen molar-refractivity contribution in [1.82, 2.24) is 14.2 Å². The number of likely N-dealkylation sites (N-methyl/N-ethyl adjacent to an activating group) is 1. The number of aromatic nitrogens is 1. The molecule has 96 valence electrons. The molecule has 0 N–H and O–H groups in total. The summed E-state index contributed by atoms with van der Waals surface area (Å²) in [5.41, 5.74) is 0. The molecule has 0 radical (unpaired) electrons. The minimum absolute atomic E-state index is 0.229. The molecule has 2 rings (SSSR count). The van der Waals surface area contributed by atoms with Gasteiger partial charge in [-0.05, 0) is 20.0 Å². The molecule has 0 bridgehead atoms. The summed E-state index contributed by atoms with van der Waals surface area (Å²) in [6.45, 7) is 2.76. The summed E-state index contributed by atoms with van der Waals surface area (Å²) >= 11 is 6.68. The van der Waals surface area contributed by atoms with Gasteiger partial charge < -0.3 is 4.90 Å². The third kappa shape index (κ3) is 2.97. The van der Waals surface area contributed by atoms with E-state index in [9.17, 15) is 8.42 Å². The van der Waals surface area contributed by atoms with E-state index in [-0.39, 0.29) is 8.68 Å². The van der Waals surface area contributed by atoms with Crippen LogP contribution in [0.1, 0.15) is 6.42 Å². The molecular formula is C9H14ClN3O2S2. The quantitative estimate of drug-likeness (QED) is 0.820. The lowest BCUT2D eigenvalue weighted by atomic mass is 10.4. The van der Waals surface area contributed by atoms with Crippen LogP contribution in [-0.2, 0) is 10.0 Å². The van der Waals surface area contributed by atoms with Crippen LogP contribution in [0.4, 0.5) is 0 Å². The highest BCUT2D eigenvalue weighted by atomic mass is 35.5. The maximum absolute atomic E-state index is 12.3. The van der Waals surface area contributed by atoms with Gasteiger partial charge in [-0.25, -0.2) is 13.4 Å². The molecule has 0 saturated carbocycles. The average Bonchev–Trinajstić information content (AvgIpc) is 2.58. The molecule has 2 heterocycles. The van der Waals surface area contributed by atoms with E-state index in [4.69, 9.17) is 11.6 Å². The predicted octanol–water partition coefficient (Wildman–Crippen LogP) is 1.12. The van der Waals surface area contributed by atoms with Gasteiger partial charge in [0, 0.05) is 19.6 Å². The lowest BCUT2D eigenvalue weighted by Gasteiger charge is -2.18. The Kier molecular flexibility index (Phi) is 4.04. The fraction of sp³-hybridized carbons (Fsp3) is 0.667. The smallest absolute Gasteiger partial charge is 0.254 e. The molecule has 1 aromatic heterocycles. The molecule has 1 saturated heterocycles. The summed E-state index contributed by atoms with van der Waals surface area (Å²) in [6.07, 6.45) is 2.18. The Labute approximate surface area is 110 Å². The molecule has 0 unspecified atom stereocenters. The first-order valence-corrected chi connectivity index (χ1v) is 7.93. The third-order valence-electron chi connectivity index (χ3n) is 2.73. The number of halogens is 1. The molecule has 17 heavy (non-hydrogen) atoms. The Morgan fingerprint density at radius 1 is 1.35 bits per heavy atom. The largest absolute Gasteiger partial charge is 0.305 e. The van der Waals surface area contributed by atoms with E-state index in [0.717, 1.165) is 30.8 Å². The van der Waals surface area contributed by atoms with Crippen LogP contribution in [0.2, 0.25) is 4.47 Å². The molecule has 0 aliphatic carbocycles. The van der Waals surface area contributed by atoms with Gasteiger partial charge in [0.15, 0.2) is 8.68 Å². The van der Waals surface area contributed by atoms with Gasteiger partial charge in [-0.2, -0.15) is 4.31 Å². The van der Waals surface area contributed by atoms with Crippen molar-refractivity contribution < 1.29 is 8.42 Å². The Bertz CT molecular complexity index is 488. The zero-order chi connectivity index (χ0) is 12.5. The van der Waals surface area contributed by atoms with Crippen molar-refractivity contribution in [2.24, 2.45) is 0 Å². The van der Waals surface area contributed by atoms with Crippen LogP contribution in [0, 0.1) is 0 Å². The van der Waals surface area contributed by atoms with Gasteiger partial charge in [0.25, 0.3) is 10.0 Å². The highest BCUT2D eigenvalue weighted by molar-refractivity contribution is 7.91. The molecule has 0 aromatic carbocycles. The molecule has 0 atom stereocenters. The number of thiazole rings is 1. The second-order valence-corrected chi connectivity index (χ2v) is 7.77. The molecule has 1 aromatic rings. The van der Waals surface area contributed by atoms with Crippen LogP contribution in [0.3, 0.4) is 0 Å². The Hall–Kier alpha value is -0.210. The molecule has 0 spiro atoms. The minimum atomic E-state index is -3.41. The van der Waals surface area contributed by atoms with Crippen molar-refractivity contribution in [3.8, 4) is 0 Å². The Balaban J connectivity index is 2.20. The van der Waals surface area contributed by atoms with E-state index < -0.39 is 10.0 Å². The lowest BCUT2D eigenvalue weighted by Crippen LogP contribution is -2.34. The topological polar surface area (TPSA) is 53.5 Å². The van der Waals surface area contributed by atoms with Gasteiger partial charge in [0.05, 0.1) is 6.20 Å². The average molecular weight is 296 g/mol. The first kappa shape index (κ1) is 13.2. The van der Waals surface area contributed by atoms with E-state index in [1.807, 2.05) is 7.05 Å². The van der Waals surface area contributed by atoms with E-state index in [1.54, 1.807) is 0 Å². The highest BCUT2D eigenvalue weighted by Gasteiger charge is 2.27. The zero-order valence-corrected chi connectivity index (χ0v) is 11.9. The van der Waals surface area contributed by atoms with Crippen LogP contribution in [0.5, 0.6) is 0 Å². The number of sulfonamides is 1. The predicted molar refractivity (Wildman–Crippen MR) is 68.0 cm³/mol. The van der Waals surface area contributed by atoms with Gasteiger partial charge in [-0.3, -0.25) is 0 Å². The molecule has 1 aliphatic rings. The molecule has 5 nitrogen and oxygen atoms in total. The fourth-order valence-corrected chi connectivity index (χ4v) is 4.67. The van der Waals surface area contributed by atoms with Crippen molar-refractivity contribution in [2.75, 3.05) is 33.2 Å². The summed E-state index contributed by atoms with van der Waals surface area (Å²) < 4.78 is 26.6. The fourth-order valence-electron chi connectivity index (χ4n) is 1.75. The minimum Gasteiger partial charge on any atom is -0.305 e. The molecule has 0 amide bonds. The van der Waals surface area contributed by atoms with Crippen LogP contribution >= 0.6 is 22.9 Å². The van der Waals surface area contributed by atoms with E-state index >= 15 is 0 Å². The van der Waals surface area contributed by atoms with E-state index in [1.165, 1.54) is 10.5 Å². The third-order valence-corrected chi connectivity index (χ3v) is 6.18. The first-order valence-electron chi connectivity index (χ1n) is 5.30. The van der Waals surface area contributed by atoms with Crippen molar-refractivity contribution in [3.63, 3.8) is 0 Å². The molecule has 1 aliphatic heterocycles. The summed E-state index contributed by atoms with van der Waals surface area (Å²) in [5.74, 6) is 0. The zero-order valence-electron chi connectivity index (χ0n) is 9.47. The van der Waals surface area contributed by atoms with Crippen molar-refractivity contribution >= 4 is 33.0 Å². The van der Waals surface area contributed by atoms with E-state index in [0.29, 0.717) is 13.1 Å². The van der Waals surface area contributed by atoms with Crippen LogP contribution < -0.4 is 0 Å². The van der Waals surface area contributed by atoms with Crippen molar-refractivity contribution in [1.29, 1.82) is 0 Å². The Morgan fingerprint density at radius 3 is 2.76 bits per heavy atom. The van der Waals surface area contributed by atoms with Crippen molar-refractivity contribution in [2.45, 2.75) is 10.6 Å². The number of nitrogens with zero attached hydrogens (tertiary/aromatic N) is 3. The summed E-state index contributed by atoms with van der Waals surface area (Å²) in [4.78, 5) is 5.92. The number of hydrogen-bond acceptors (Lipinski definition) is 5. The molecule has 8 heteroatoms. The molecule has 1 fully saturated rings. The highest BCUT2D eigenvalue weighted by Crippen LogP contribution is 2.26. The Morgan fingerprint density at radius 2 is 2.12 bits per heavy atom. The first-order chi connectivity index (χ1) is 8.00. The number of hydrogen-bond donors (Lipinski definition) is 0. The normalized spacial score (nSPS) is 20.4. The second kappa shape index (κ2) is 5.19. The van der Waals surface area contributed by atoms with Crippen LogP contribution in [-0.4, -0.2) is 55.8 Å². The van der Waals surface area contributed by atoms with Gasteiger partial charge in [0.2, 0.25) is 0 Å². The van der Waals surface area contributed by atoms with Crippen LogP contribution in [0.25, 0.3) is 0 Å². The lowest BCUT2D eigenvalue weighted by molar-refractivity contribution is 0.347. The van der Waals surface area contributed by atoms with Crippen LogP contribution in [0.15, 0.2) is 10.4 Å². The molecular weight excluding hydrogens is 282 g/mol. The van der Waals surface area contributed by atoms with Gasteiger partial charge >= 0.3 is 0 Å². The summed E-state index contributed by atoms with van der Waals surface area (Å²) in [7, 11) is -1.41. The second-order valence-electron chi connectivity index (χ2n) is 3.99. The maximum atomic E-state index is 12.3. The SMILES string of the molecule is CN1CCCN(S(=O)(=O)c2cnc(Cl)s2)CC1. The van der Waals surface area contributed by atoms with E-state index in [2.05, 4.69) is 9.88 Å². The standard InChI is InChI=1S/C9H14ClN3O2S2/c1-12-3-2-4-13(6-5-12)17(14,15)8-7-11-9(10)16-8/h7H,2-6H2,1H3. The van der Waals surface area contributed by atoms with Crippen molar-refractivity contribution in [3.05, 3.63) is 10.7 Å². The maximum Gasteiger partial charge on any atom is 0.254 e. The van der Waals surface area contributed by atoms with Gasteiger partial charge in [0.1, 0.15) is 0 Å². The van der Waals surface area contributed by atoms with Gasteiger partial charge in [-0.15, -0.1) is 0 Å². The monoisotopic (exact) mass is 295 g/mol. The van der Waals surface area contributed by atoms with Gasteiger partial charge in [-0.1, -0.05) is 22.9 Å². The summed E-state index contributed by atoms with van der Waals surface area (Å²) in [5, 5.41) is 0. The number of rotatable bonds is 2. The summed E-state index contributed by atoms with van der Waals surface area (Å²) in [6, 6.07) is 0.